The van der Waals surface area contributed by atoms with E-state index in [4.69, 9.17) is 4.74 Å². The maximum absolute atomic E-state index is 12.7. The molecule has 2 aromatic rings. The van der Waals surface area contributed by atoms with Crippen LogP contribution in [0.3, 0.4) is 0 Å². The zero-order valence-corrected chi connectivity index (χ0v) is 17.5. The monoisotopic (exact) mass is 406 g/mol. The molecule has 1 spiro atoms. The minimum absolute atomic E-state index is 0.196. The number of benzene rings is 2. The molecule has 2 heterocycles. The summed E-state index contributed by atoms with van der Waals surface area (Å²) in [6.45, 7) is 2.71. The second-order valence-corrected chi connectivity index (χ2v) is 8.43. The average Bonchev–Trinajstić information content (AvgIpc) is 2.94. The van der Waals surface area contributed by atoms with Crippen molar-refractivity contribution in [2.75, 3.05) is 26.2 Å². The van der Waals surface area contributed by atoms with E-state index in [0.717, 1.165) is 38.6 Å². The maximum Gasteiger partial charge on any atom is 0.410 e. The lowest BCUT2D eigenvalue weighted by Gasteiger charge is -2.25. The average molecular weight is 407 g/mol. The fourth-order valence-electron chi connectivity index (χ4n) is 4.50. The van der Waals surface area contributed by atoms with Gasteiger partial charge in [0.05, 0.1) is 6.54 Å². The van der Waals surface area contributed by atoms with Crippen molar-refractivity contribution in [1.29, 1.82) is 0 Å². The minimum Gasteiger partial charge on any atom is -0.441 e. The standard InChI is InChI=1S/C25H30N2O3/c28-23(13-12-21-8-3-1-4-9-21)26-17-7-15-25(16-19-26)20-27(24(29)30-25)18-14-22-10-5-2-6-11-22/h1-6,8-11H,7,12-20H2/t25-/m1/s1. The molecule has 2 amide bonds. The largest absolute Gasteiger partial charge is 0.441 e. The van der Waals surface area contributed by atoms with Crippen LogP contribution in [0.4, 0.5) is 4.79 Å². The number of nitrogens with zero attached hydrogens (tertiary/aromatic N) is 2. The number of hydrogen-bond donors (Lipinski definition) is 0. The van der Waals surface area contributed by atoms with Crippen molar-refractivity contribution in [3.05, 3.63) is 71.8 Å². The zero-order valence-electron chi connectivity index (χ0n) is 17.5. The van der Waals surface area contributed by atoms with Crippen LogP contribution in [0.15, 0.2) is 60.7 Å². The Hall–Kier alpha value is -2.82. The van der Waals surface area contributed by atoms with E-state index >= 15 is 0 Å². The first-order valence-corrected chi connectivity index (χ1v) is 11.0. The van der Waals surface area contributed by atoms with Gasteiger partial charge in [0.15, 0.2) is 0 Å². The van der Waals surface area contributed by atoms with Crippen molar-refractivity contribution in [3.63, 3.8) is 0 Å². The summed E-state index contributed by atoms with van der Waals surface area (Å²) >= 11 is 0. The molecule has 0 aliphatic carbocycles. The van der Waals surface area contributed by atoms with Gasteiger partial charge >= 0.3 is 6.09 Å². The number of hydrogen-bond acceptors (Lipinski definition) is 3. The molecule has 0 saturated carbocycles. The summed E-state index contributed by atoms with van der Waals surface area (Å²) in [5.41, 5.74) is 1.97. The predicted octanol–water partition coefficient (Wildman–Crippen LogP) is 4.07. The highest BCUT2D eigenvalue weighted by Gasteiger charge is 2.45. The molecule has 2 aliphatic rings. The molecule has 1 atom stereocenters. The van der Waals surface area contributed by atoms with Gasteiger partial charge in [0.25, 0.3) is 0 Å². The van der Waals surface area contributed by atoms with Crippen molar-refractivity contribution < 1.29 is 14.3 Å². The molecule has 2 aliphatic heterocycles. The number of likely N-dealkylation sites (tertiary alicyclic amines) is 1. The third-order valence-electron chi connectivity index (χ3n) is 6.28. The smallest absolute Gasteiger partial charge is 0.410 e. The second kappa shape index (κ2) is 9.33. The highest BCUT2D eigenvalue weighted by atomic mass is 16.6. The van der Waals surface area contributed by atoms with Gasteiger partial charge in [0.2, 0.25) is 5.91 Å². The summed E-state index contributed by atoms with van der Waals surface area (Å²) in [4.78, 5) is 29.0. The van der Waals surface area contributed by atoms with Crippen LogP contribution in [0.1, 0.15) is 36.8 Å². The summed E-state index contributed by atoms with van der Waals surface area (Å²) in [5, 5.41) is 0. The van der Waals surface area contributed by atoms with Crippen LogP contribution in [0.5, 0.6) is 0 Å². The van der Waals surface area contributed by atoms with Crippen molar-refractivity contribution in [3.8, 4) is 0 Å². The van der Waals surface area contributed by atoms with Crippen molar-refractivity contribution in [1.82, 2.24) is 9.80 Å². The maximum atomic E-state index is 12.7. The van der Waals surface area contributed by atoms with Crippen LogP contribution in [0, 0.1) is 0 Å². The Bertz CT molecular complexity index is 855. The summed E-state index contributed by atoms with van der Waals surface area (Å²) < 4.78 is 5.88. The third kappa shape index (κ3) is 5.02. The first-order chi connectivity index (χ1) is 14.6. The van der Waals surface area contributed by atoms with Crippen LogP contribution in [-0.2, 0) is 22.4 Å². The number of ether oxygens (including phenoxy) is 1. The lowest BCUT2D eigenvalue weighted by molar-refractivity contribution is -0.131. The highest BCUT2D eigenvalue weighted by Crippen LogP contribution is 2.33. The van der Waals surface area contributed by atoms with Crippen molar-refractivity contribution in [2.24, 2.45) is 0 Å². The van der Waals surface area contributed by atoms with E-state index in [1.807, 2.05) is 46.2 Å². The Morgan fingerprint density at radius 1 is 0.900 bits per heavy atom. The molecule has 0 unspecified atom stereocenters. The normalized spacial score (nSPS) is 21.5. The molecule has 0 aromatic heterocycles. The Kier molecular flexibility index (Phi) is 6.36. The molecule has 2 fully saturated rings. The lowest BCUT2D eigenvalue weighted by atomic mass is 9.95. The summed E-state index contributed by atoms with van der Waals surface area (Å²) in [5.74, 6) is 0.196. The molecule has 5 nitrogen and oxygen atoms in total. The zero-order chi connectivity index (χ0) is 20.8. The van der Waals surface area contributed by atoms with Crippen molar-refractivity contribution >= 4 is 12.0 Å². The Balaban J connectivity index is 1.29. The number of aryl methyl sites for hydroxylation is 1. The molecule has 2 saturated heterocycles. The van der Waals surface area contributed by atoms with Gasteiger partial charge in [-0.3, -0.25) is 4.79 Å². The molecular formula is C25H30N2O3. The van der Waals surface area contributed by atoms with E-state index in [0.29, 0.717) is 26.1 Å². The topological polar surface area (TPSA) is 49.9 Å². The van der Waals surface area contributed by atoms with Crippen LogP contribution in [0.2, 0.25) is 0 Å². The molecule has 30 heavy (non-hydrogen) atoms. The number of rotatable bonds is 6. The highest BCUT2D eigenvalue weighted by molar-refractivity contribution is 5.76. The van der Waals surface area contributed by atoms with E-state index in [9.17, 15) is 9.59 Å². The molecule has 158 valence electrons. The molecule has 4 rings (SSSR count). The van der Waals surface area contributed by atoms with Gasteiger partial charge in [0, 0.05) is 32.5 Å². The summed E-state index contributed by atoms with van der Waals surface area (Å²) in [7, 11) is 0. The fraction of sp³-hybridized carbons (Fsp3) is 0.440. The molecule has 0 N–H and O–H groups in total. The van der Waals surface area contributed by atoms with Gasteiger partial charge in [0.1, 0.15) is 5.60 Å². The van der Waals surface area contributed by atoms with Crippen LogP contribution in [0.25, 0.3) is 0 Å². The van der Waals surface area contributed by atoms with Crippen LogP contribution in [-0.4, -0.2) is 53.6 Å². The van der Waals surface area contributed by atoms with Gasteiger partial charge in [-0.25, -0.2) is 4.79 Å². The SMILES string of the molecule is O=C(CCc1ccccc1)N1CCC[C@@]2(CC1)CN(CCc1ccccc1)C(=O)O2. The van der Waals surface area contributed by atoms with Crippen LogP contribution < -0.4 is 0 Å². The number of amides is 2. The van der Waals surface area contributed by atoms with Gasteiger partial charge in [-0.15, -0.1) is 0 Å². The lowest BCUT2D eigenvalue weighted by Crippen LogP contribution is -2.37. The van der Waals surface area contributed by atoms with E-state index in [2.05, 4.69) is 24.3 Å². The molecular weight excluding hydrogens is 376 g/mol. The van der Waals surface area contributed by atoms with Gasteiger partial charge < -0.3 is 14.5 Å². The molecule has 2 aromatic carbocycles. The predicted molar refractivity (Wildman–Crippen MR) is 116 cm³/mol. The number of carbonyl (C=O) groups is 2. The van der Waals surface area contributed by atoms with E-state index in [1.165, 1.54) is 11.1 Å². The number of carbonyl (C=O) groups excluding carboxylic acids is 2. The van der Waals surface area contributed by atoms with Gasteiger partial charge in [-0.2, -0.15) is 0 Å². The molecule has 0 radical (unpaired) electrons. The minimum atomic E-state index is -0.442. The first-order valence-electron chi connectivity index (χ1n) is 11.0. The Morgan fingerprint density at radius 2 is 1.57 bits per heavy atom. The van der Waals surface area contributed by atoms with Gasteiger partial charge in [-0.1, -0.05) is 60.7 Å². The van der Waals surface area contributed by atoms with E-state index in [1.54, 1.807) is 0 Å². The summed E-state index contributed by atoms with van der Waals surface area (Å²) in [6.07, 6.45) is 4.33. The molecule has 0 bridgehead atoms. The fourth-order valence-corrected chi connectivity index (χ4v) is 4.50. The first kappa shape index (κ1) is 20.5. The van der Waals surface area contributed by atoms with Gasteiger partial charge in [-0.05, 0) is 36.8 Å². The van der Waals surface area contributed by atoms with E-state index < -0.39 is 5.60 Å². The third-order valence-corrected chi connectivity index (χ3v) is 6.28. The summed E-state index contributed by atoms with van der Waals surface area (Å²) in [6, 6.07) is 20.3. The quantitative estimate of drug-likeness (QED) is 0.727. The van der Waals surface area contributed by atoms with Crippen LogP contribution >= 0.6 is 0 Å². The Morgan fingerprint density at radius 3 is 2.27 bits per heavy atom. The molecule has 5 heteroatoms. The second-order valence-electron chi connectivity index (χ2n) is 8.43. The Labute approximate surface area is 178 Å². The van der Waals surface area contributed by atoms with Crippen molar-refractivity contribution in [2.45, 2.75) is 44.1 Å². The van der Waals surface area contributed by atoms with E-state index in [-0.39, 0.29) is 12.0 Å².